The number of nitrogens with one attached hydrogen (secondary N) is 1. The van der Waals surface area contributed by atoms with Crippen LogP contribution in [0.4, 0.5) is 0 Å². The summed E-state index contributed by atoms with van der Waals surface area (Å²) in [4.78, 5) is 0. The molecular weight excluding hydrogens is 248 g/mol. The number of nitriles is 1. The van der Waals surface area contributed by atoms with E-state index < -0.39 is 0 Å². The Balaban J connectivity index is 2.17. The highest BCUT2D eigenvalue weighted by Crippen LogP contribution is 2.21. The molecule has 0 aliphatic carbocycles. The van der Waals surface area contributed by atoms with E-state index in [4.69, 9.17) is 5.26 Å². The van der Waals surface area contributed by atoms with Crippen LogP contribution in [-0.4, -0.2) is 11.7 Å². The second-order valence-corrected chi connectivity index (χ2v) is 4.64. The van der Waals surface area contributed by atoms with E-state index >= 15 is 0 Å². The lowest BCUT2D eigenvalue weighted by Gasteiger charge is -2.23. The van der Waals surface area contributed by atoms with E-state index in [-0.39, 0.29) is 18.7 Å². The zero-order valence-electron chi connectivity index (χ0n) is 11.2. The molecule has 0 radical (unpaired) electrons. The summed E-state index contributed by atoms with van der Waals surface area (Å²) in [5, 5.41) is 22.0. The van der Waals surface area contributed by atoms with Gasteiger partial charge in [0.2, 0.25) is 0 Å². The molecule has 0 fully saturated rings. The van der Waals surface area contributed by atoms with Crippen molar-refractivity contribution in [1.29, 1.82) is 5.26 Å². The molecule has 0 aliphatic heterocycles. The van der Waals surface area contributed by atoms with E-state index in [0.29, 0.717) is 6.42 Å². The largest absolute Gasteiger partial charge is 0.394 e. The van der Waals surface area contributed by atoms with Crippen LogP contribution in [0.15, 0.2) is 60.7 Å². The molecule has 3 heteroatoms. The highest BCUT2D eigenvalue weighted by atomic mass is 16.3. The maximum Gasteiger partial charge on any atom is 0.0641 e. The van der Waals surface area contributed by atoms with Crippen LogP contribution in [0.25, 0.3) is 0 Å². The lowest BCUT2D eigenvalue weighted by Crippen LogP contribution is -2.28. The number of rotatable bonds is 6. The van der Waals surface area contributed by atoms with Crippen molar-refractivity contribution in [2.75, 3.05) is 6.61 Å². The van der Waals surface area contributed by atoms with E-state index in [2.05, 4.69) is 11.4 Å². The molecule has 0 spiro atoms. The van der Waals surface area contributed by atoms with E-state index in [0.717, 1.165) is 11.1 Å². The summed E-state index contributed by atoms with van der Waals surface area (Å²) in [6.07, 6.45) is 0.368. The van der Waals surface area contributed by atoms with Crippen molar-refractivity contribution in [1.82, 2.24) is 5.32 Å². The van der Waals surface area contributed by atoms with Crippen LogP contribution in [0, 0.1) is 11.3 Å². The van der Waals surface area contributed by atoms with E-state index in [1.165, 1.54) is 0 Å². The molecule has 2 unspecified atom stereocenters. The van der Waals surface area contributed by atoms with Gasteiger partial charge in [0.15, 0.2) is 0 Å². The first-order valence-electron chi connectivity index (χ1n) is 6.69. The number of nitrogens with zero attached hydrogens (tertiary/aromatic N) is 1. The average molecular weight is 266 g/mol. The van der Waals surface area contributed by atoms with Crippen molar-refractivity contribution in [3.8, 4) is 6.07 Å². The van der Waals surface area contributed by atoms with Crippen LogP contribution in [-0.2, 0) is 0 Å². The summed E-state index contributed by atoms with van der Waals surface area (Å²) >= 11 is 0. The maximum absolute atomic E-state index is 9.60. The molecule has 20 heavy (non-hydrogen) atoms. The van der Waals surface area contributed by atoms with Gasteiger partial charge in [-0.2, -0.15) is 5.26 Å². The summed E-state index contributed by atoms with van der Waals surface area (Å²) in [5.41, 5.74) is 2.08. The monoisotopic (exact) mass is 266 g/mol. The molecule has 3 nitrogen and oxygen atoms in total. The van der Waals surface area contributed by atoms with E-state index in [1.54, 1.807) is 0 Å². The fraction of sp³-hybridized carbons (Fsp3) is 0.235. The van der Waals surface area contributed by atoms with E-state index in [9.17, 15) is 5.11 Å². The standard InChI is InChI=1S/C17H18N2O/c18-12-11-16(14-7-3-1-4-8-14)19-17(13-20)15-9-5-2-6-10-15/h1-10,16-17,19-20H,11,13H2. The number of aliphatic hydroxyl groups excluding tert-OH is 1. The van der Waals surface area contributed by atoms with Gasteiger partial charge in [-0.1, -0.05) is 60.7 Å². The molecule has 2 rings (SSSR count). The first-order chi connectivity index (χ1) is 9.85. The first kappa shape index (κ1) is 14.3. The minimum absolute atomic E-state index is 0.00121. The second-order valence-electron chi connectivity index (χ2n) is 4.64. The minimum Gasteiger partial charge on any atom is -0.394 e. The lowest BCUT2D eigenvalue weighted by molar-refractivity contribution is 0.233. The molecule has 0 aromatic heterocycles. The van der Waals surface area contributed by atoms with Crippen LogP contribution in [0.3, 0.4) is 0 Å². The Bertz CT molecular complexity index is 548. The average Bonchev–Trinajstić information content (AvgIpc) is 2.53. The topological polar surface area (TPSA) is 56.0 Å². The third-order valence-corrected chi connectivity index (χ3v) is 3.28. The SMILES string of the molecule is N#CCC(NC(CO)c1ccccc1)c1ccccc1. The first-order valence-corrected chi connectivity index (χ1v) is 6.69. The lowest BCUT2D eigenvalue weighted by atomic mass is 10.0. The van der Waals surface area contributed by atoms with Crippen LogP contribution < -0.4 is 5.32 Å². The molecule has 0 heterocycles. The zero-order chi connectivity index (χ0) is 14.2. The molecule has 0 saturated carbocycles. The summed E-state index contributed by atoms with van der Waals surface area (Å²) in [6, 6.07) is 21.6. The fourth-order valence-corrected chi connectivity index (χ4v) is 2.23. The Morgan fingerprint density at radius 2 is 1.40 bits per heavy atom. The Morgan fingerprint density at radius 1 is 0.900 bits per heavy atom. The summed E-state index contributed by atoms with van der Waals surface area (Å²) in [7, 11) is 0. The van der Waals surface area contributed by atoms with E-state index in [1.807, 2.05) is 60.7 Å². The third kappa shape index (κ3) is 3.67. The summed E-state index contributed by atoms with van der Waals surface area (Å²) in [5.74, 6) is 0. The molecule has 102 valence electrons. The van der Waals surface area contributed by atoms with Gasteiger partial charge < -0.3 is 10.4 Å². The second kappa shape index (κ2) is 7.44. The van der Waals surface area contributed by atoms with Gasteiger partial charge in [0.1, 0.15) is 0 Å². The summed E-state index contributed by atoms with van der Waals surface area (Å²) in [6.45, 7) is -0.00121. The molecule has 2 aromatic rings. The van der Waals surface area contributed by atoms with Gasteiger partial charge in [-0.05, 0) is 11.1 Å². The molecule has 0 aliphatic rings. The Hall–Kier alpha value is -2.15. The third-order valence-electron chi connectivity index (χ3n) is 3.28. The van der Waals surface area contributed by atoms with Crippen molar-refractivity contribution < 1.29 is 5.11 Å². The Morgan fingerprint density at radius 3 is 1.85 bits per heavy atom. The fourth-order valence-electron chi connectivity index (χ4n) is 2.23. The van der Waals surface area contributed by atoms with Gasteiger partial charge in [0.05, 0.1) is 25.1 Å². The predicted molar refractivity (Wildman–Crippen MR) is 78.8 cm³/mol. The van der Waals surface area contributed by atoms with Crippen molar-refractivity contribution >= 4 is 0 Å². The highest BCUT2D eigenvalue weighted by molar-refractivity contribution is 5.23. The Labute approximate surface area is 119 Å². The highest BCUT2D eigenvalue weighted by Gasteiger charge is 2.17. The van der Waals surface area contributed by atoms with Crippen LogP contribution in [0.2, 0.25) is 0 Å². The van der Waals surface area contributed by atoms with Gasteiger partial charge in [-0.25, -0.2) is 0 Å². The van der Waals surface area contributed by atoms with Crippen molar-refractivity contribution in [3.05, 3.63) is 71.8 Å². The van der Waals surface area contributed by atoms with Gasteiger partial charge in [0.25, 0.3) is 0 Å². The Kier molecular flexibility index (Phi) is 5.31. The number of benzene rings is 2. The van der Waals surface area contributed by atoms with Gasteiger partial charge in [-0.3, -0.25) is 0 Å². The number of aliphatic hydroxyl groups is 1. The number of hydrogen-bond donors (Lipinski definition) is 2. The van der Waals surface area contributed by atoms with Gasteiger partial charge >= 0.3 is 0 Å². The molecular formula is C17H18N2O. The zero-order valence-corrected chi connectivity index (χ0v) is 11.2. The quantitative estimate of drug-likeness (QED) is 0.845. The smallest absolute Gasteiger partial charge is 0.0641 e. The van der Waals surface area contributed by atoms with Crippen LogP contribution >= 0.6 is 0 Å². The normalized spacial score (nSPS) is 13.4. The van der Waals surface area contributed by atoms with Gasteiger partial charge in [0, 0.05) is 6.04 Å². The molecule has 2 N–H and O–H groups in total. The molecule has 0 saturated heterocycles. The van der Waals surface area contributed by atoms with Crippen molar-refractivity contribution in [2.45, 2.75) is 18.5 Å². The van der Waals surface area contributed by atoms with Crippen molar-refractivity contribution in [3.63, 3.8) is 0 Å². The van der Waals surface area contributed by atoms with Crippen LogP contribution in [0.1, 0.15) is 29.6 Å². The molecule has 2 atom stereocenters. The molecule has 0 amide bonds. The molecule has 0 bridgehead atoms. The predicted octanol–water partition coefficient (Wildman–Crippen LogP) is 2.96. The van der Waals surface area contributed by atoms with Gasteiger partial charge in [-0.15, -0.1) is 0 Å². The molecule has 2 aromatic carbocycles. The van der Waals surface area contributed by atoms with Crippen LogP contribution in [0.5, 0.6) is 0 Å². The van der Waals surface area contributed by atoms with Crippen molar-refractivity contribution in [2.24, 2.45) is 0 Å². The number of hydrogen-bond acceptors (Lipinski definition) is 3. The summed E-state index contributed by atoms with van der Waals surface area (Å²) < 4.78 is 0. The maximum atomic E-state index is 9.60. The minimum atomic E-state index is -0.172.